The van der Waals surface area contributed by atoms with Crippen molar-refractivity contribution in [2.45, 2.75) is 19.4 Å². The number of hydrogen-bond donors (Lipinski definition) is 1. The number of methoxy groups -OCH3 is 1. The Kier molecular flexibility index (Phi) is 5.26. The second-order valence-electron chi connectivity index (χ2n) is 5.19. The number of benzene rings is 1. The average Bonchev–Trinajstić information content (AvgIpc) is 2.59. The smallest absolute Gasteiger partial charge is 0.328 e. The minimum Gasteiger partial charge on any atom is -0.467 e. The third-order valence-electron chi connectivity index (χ3n) is 3.49. The lowest BCUT2D eigenvalue weighted by atomic mass is 10.0. The van der Waals surface area contributed by atoms with Crippen molar-refractivity contribution >= 4 is 22.8 Å². The SMILES string of the molecule is COC(=O)[C@H](C[C@@H](C)C#N)NC(=O)c1ccnc2ccccc12. The number of fused-ring (bicyclic) bond motifs is 1. The van der Waals surface area contributed by atoms with Gasteiger partial charge in [0.05, 0.1) is 24.3 Å². The molecule has 0 aliphatic rings. The van der Waals surface area contributed by atoms with Gasteiger partial charge in [0.2, 0.25) is 0 Å². The number of rotatable bonds is 5. The number of hydrogen-bond acceptors (Lipinski definition) is 5. The molecular formula is C17H17N3O3. The molecule has 2 rings (SSSR count). The van der Waals surface area contributed by atoms with Crippen molar-refractivity contribution in [2.75, 3.05) is 7.11 Å². The molecule has 2 atom stereocenters. The fourth-order valence-electron chi connectivity index (χ4n) is 2.29. The van der Waals surface area contributed by atoms with Crippen LogP contribution in [0, 0.1) is 17.2 Å². The summed E-state index contributed by atoms with van der Waals surface area (Å²) in [6.07, 6.45) is 1.74. The van der Waals surface area contributed by atoms with Crippen LogP contribution in [-0.4, -0.2) is 30.0 Å². The van der Waals surface area contributed by atoms with Crippen molar-refractivity contribution in [3.8, 4) is 6.07 Å². The highest BCUT2D eigenvalue weighted by Crippen LogP contribution is 2.17. The summed E-state index contributed by atoms with van der Waals surface area (Å²) in [6, 6.07) is 10.0. The Morgan fingerprint density at radius 2 is 2.09 bits per heavy atom. The number of pyridine rings is 1. The number of esters is 1. The van der Waals surface area contributed by atoms with Crippen molar-refractivity contribution < 1.29 is 14.3 Å². The molecule has 0 saturated heterocycles. The number of amides is 1. The van der Waals surface area contributed by atoms with E-state index in [1.807, 2.05) is 24.3 Å². The zero-order valence-electron chi connectivity index (χ0n) is 12.9. The Balaban J connectivity index is 2.27. The lowest BCUT2D eigenvalue weighted by Crippen LogP contribution is -2.42. The molecule has 2 aromatic rings. The van der Waals surface area contributed by atoms with Gasteiger partial charge in [0.25, 0.3) is 5.91 Å². The minimum absolute atomic E-state index is 0.192. The van der Waals surface area contributed by atoms with Gasteiger partial charge < -0.3 is 10.1 Å². The first kappa shape index (κ1) is 16.4. The number of nitriles is 1. The number of para-hydroxylation sites is 1. The van der Waals surface area contributed by atoms with Gasteiger partial charge in [-0.3, -0.25) is 9.78 Å². The van der Waals surface area contributed by atoms with Crippen LogP contribution in [-0.2, 0) is 9.53 Å². The molecule has 0 radical (unpaired) electrons. The third-order valence-corrected chi connectivity index (χ3v) is 3.49. The van der Waals surface area contributed by atoms with Gasteiger partial charge in [-0.2, -0.15) is 5.26 Å². The van der Waals surface area contributed by atoms with E-state index in [9.17, 15) is 9.59 Å². The second kappa shape index (κ2) is 7.36. The summed E-state index contributed by atoms with van der Waals surface area (Å²) in [5.74, 6) is -1.35. The molecule has 0 aliphatic carbocycles. The number of aromatic nitrogens is 1. The van der Waals surface area contributed by atoms with E-state index in [0.29, 0.717) is 16.5 Å². The number of ether oxygens (including phenoxy) is 1. The van der Waals surface area contributed by atoms with Crippen molar-refractivity contribution in [2.24, 2.45) is 5.92 Å². The van der Waals surface area contributed by atoms with Gasteiger partial charge >= 0.3 is 5.97 Å². The van der Waals surface area contributed by atoms with Crippen molar-refractivity contribution in [1.29, 1.82) is 5.26 Å². The van der Waals surface area contributed by atoms with Gasteiger partial charge in [0, 0.05) is 17.5 Å². The van der Waals surface area contributed by atoms with E-state index < -0.39 is 17.9 Å². The molecule has 0 fully saturated rings. The largest absolute Gasteiger partial charge is 0.467 e. The van der Waals surface area contributed by atoms with Gasteiger partial charge in [-0.05, 0) is 25.5 Å². The fraction of sp³-hybridized carbons (Fsp3) is 0.294. The standard InChI is InChI=1S/C17H17N3O3/c1-11(10-18)9-15(17(22)23-2)20-16(21)13-7-8-19-14-6-4-3-5-12(13)14/h3-8,11,15H,9H2,1-2H3,(H,20,21)/t11-,15+/m1/s1. The molecular weight excluding hydrogens is 294 g/mol. The summed E-state index contributed by atoms with van der Waals surface area (Å²) in [5, 5.41) is 12.3. The van der Waals surface area contributed by atoms with Gasteiger partial charge in [-0.15, -0.1) is 0 Å². The zero-order valence-corrected chi connectivity index (χ0v) is 12.9. The maximum Gasteiger partial charge on any atom is 0.328 e. The average molecular weight is 311 g/mol. The molecule has 118 valence electrons. The van der Waals surface area contributed by atoms with Crippen LogP contribution in [0.15, 0.2) is 36.5 Å². The third kappa shape index (κ3) is 3.83. The second-order valence-corrected chi connectivity index (χ2v) is 5.19. The molecule has 1 N–H and O–H groups in total. The highest BCUT2D eigenvalue weighted by molar-refractivity contribution is 6.07. The molecule has 1 heterocycles. The maximum absolute atomic E-state index is 12.5. The van der Waals surface area contributed by atoms with E-state index in [1.165, 1.54) is 7.11 Å². The summed E-state index contributed by atoms with van der Waals surface area (Å²) >= 11 is 0. The van der Waals surface area contributed by atoms with Crippen LogP contribution in [0.3, 0.4) is 0 Å². The Hall–Kier alpha value is -2.94. The van der Waals surface area contributed by atoms with E-state index in [2.05, 4.69) is 10.3 Å². The Bertz CT molecular complexity index is 762. The molecule has 1 aromatic heterocycles. The zero-order chi connectivity index (χ0) is 16.8. The molecule has 0 aliphatic heterocycles. The monoisotopic (exact) mass is 311 g/mol. The molecule has 6 nitrogen and oxygen atoms in total. The van der Waals surface area contributed by atoms with E-state index in [0.717, 1.165) is 0 Å². The van der Waals surface area contributed by atoms with Gasteiger partial charge in [0.1, 0.15) is 6.04 Å². The normalized spacial score (nSPS) is 12.9. The highest BCUT2D eigenvalue weighted by Gasteiger charge is 2.25. The van der Waals surface area contributed by atoms with Crippen molar-refractivity contribution in [1.82, 2.24) is 10.3 Å². The highest BCUT2D eigenvalue weighted by atomic mass is 16.5. The summed E-state index contributed by atoms with van der Waals surface area (Å²) in [4.78, 5) is 28.6. The quantitative estimate of drug-likeness (QED) is 0.853. The summed E-state index contributed by atoms with van der Waals surface area (Å²) in [7, 11) is 1.25. The number of nitrogens with zero attached hydrogens (tertiary/aromatic N) is 2. The van der Waals surface area contributed by atoms with Gasteiger partial charge in [0.15, 0.2) is 0 Å². The van der Waals surface area contributed by atoms with Gasteiger partial charge in [-0.1, -0.05) is 18.2 Å². The van der Waals surface area contributed by atoms with Crippen LogP contribution in [0.4, 0.5) is 0 Å². The van der Waals surface area contributed by atoms with Crippen LogP contribution in [0.25, 0.3) is 10.9 Å². The maximum atomic E-state index is 12.5. The Labute approximate surface area is 134 Å². The molecule has 23 heavy (non-hydrogen) atoms. The fourth-order valence-corrected chi connectivity index (χ4v) is 2.29. The van der Waals surface area contributed by atoms with Crippen LogP contribution in [0.5, 0.6) is 0 Å². The Morgan fingerprint density at radius 1 is 1.35 bits per heavy atom. The van der Waals surface area contributed by atoms with Crippen LogP contribution >= 0.6 is 0 Å². The van der Waals surface area contributed by atoms with E-state index in [-0.39, 0.29) is 12.3 Å². The molecule has 0 saturated carbocycles. The number of carbonyl (C=O) groups excluding carboxylic acids is 2. The lowest BCUT2D eigenvalue weighted by Gasteiger charge is -2.18. The topological polar surface area (TPSA) is 92.1 Å². The summed E-state index contributed by atoms with van der Waals surface area (Å²) in [5.41, 5.74) is 1.12. The minimum atomic E-state index is -0.867. The first-order valence-electron chi connectivity index (χ1n) is 7.19. The molecule has 0 spiro atoms. The molecule has 1 amide bonds. The molecule has 0 bridgehead atoms. The van der Waals surface area contributed by atoms with Crippen LogP contribution < -0.4 is 5.32 Å². The molecule has 0 unspecified atom stereocenters. The van der Waals surface area contributed by atoms with Crippen LogP contribution in [0.1, 0.15) is 23.7 Å². The first-order valence-corrected chi connectivity index (χ1v) is 7.19. The molecule has 1 aromatic carbocycles. The number of carbonyl (C=O) groups is 2. The number of nitrogens with one attached hydrogen (secondary N) is 1. The van der Waals surface area contributed by atoms with Crippen molar-refractivity contribution in [3.63, 3.8) is 0 Å². The predicted molar refractivity (Wildman–Crippen MR) is 84.4 cm³/mol. The van der Waals surface area contributed by atoms with Crippen LogP contribution in [0.2, 0.25) is 0 Å². The van der Waals surface area contributed by atoms with Gasteiger partial charge in [-0.25, -0.2) is 4.79 Å². The van der Waals surface area contributed by atoms with E-state index in [1.54, 1.807) is 25.3 Å². The van der Waals surface area contributed by atoms with E-state index in [4.69, 9.17) is 10.00 Å². The predicted octanol–water partition coefficient (Wildman–Crippen LogP) is 2.06. The summed E-state index contributed by atoms with van der Waals surface area (Å²) in [6.45, 7) is 1.68. The van der Waals surface area contributed by atoms with Crippen molar-refractivity contribution in [3.05, 3.63) is 42.1 Å². The van der Waals surface area contributed by atoms with E-state index >= 15 is 0 Å². The molecule has 6 heteroatoms. The Morgan fingerprint density at radius 3 is 2.78 bits per heavy atom. The first-order chi connectivity index (χ1) is 11.1. The summed E-state index contributed by atoms with van der Waals surface area (Å²) < 4.78 is 4.71. The lowest BCUT2D eigenvalue weighted by molar-refractivity contribution is -0.143.